The van der Waals surface area contributed by atoms with Crippen molar-refractivity contribution < 1.29 is 13.2 Å². The number of nitrogens with two attached hydrogens (primary N) is 1. The Kier molecular flexibility index (Phi) is 5.31. The highest BCUT2D eigenvalue weighted by atomic mass is 32.2. The van der Waals surface area contributed by atoms with Crippen LogP contribution in [0, 0.1) is 0 Å². The lowest BCUT2D eigenvalue weighted by molar-refractivity contribution is -0.115. The first kappa shape index (κ1) is 18.4. The number of thioether (sulfide) groups is 1. The third kappa shape index (κ3) is 4.43. The number of amides is 1. The van der Waals surface area contributed by atoms with Crippen LogP contribution in [0.25, 0.3) is 10.8 Å². The Morgan fingerprint density at radius 2 is 1.65 bits per heavy atom. The number of rotatable bonds is 5. The van der Waals surface area contributed by atoms with Crippen molar-refractivity contribution in [2.24, 2.45) is 5.14 Å². The van der Waals surface area contributed by atoms with Gasteiger partial charge in [-0.25, -0.2) is 13.6 Å². The second-order valence-electron chi connectivity index (χ2n) is 5.83. The molecule has 0 aliphatic rings. The molecule has 0 spiro atoms. The Morgan fingerprint density at radius 1 is 1.00 bits per heavy atom. The van der Waals surface area contributed by atoms with Gasteiger partial charge < -0.3 is 5.32 Å². The summed E-state index contributed by atoms with van der Waals surface area (Å²) in [5, 5.41) is 9.82. The quantitative estimate of drug-likeness (QED) is 0.656. The first-order valence-electron chi connectivity index (χ1n) is 7.92. The Morgan fingerprint density at radius 3 is 2.31 bits per heavy atom. The van der Waals surface area contributed by atoms with Crippen LogP contribution in [0.4, 0.5) is 5.69 Å². The highest BCUT2D eigenvalue weighted by Gasteiger charge is 2.15. The van der Waals surface area contributed by atoms with Crippen LogP contribution in [0.1, 0.15) is 6.92 Å². The minimum Gasteiger partial charge on any atom is -0.325 e. The summed E-state index contributed by atoms with van der Waals surface area (Å²) < 4.78 is 22.5. The summed E-state index contributed by atoms with van der Waals surface area (Å²) in [4.78, 5) is 13.4. The molecule has 5 nitrogen and oxygen atoms in total. The van der Waals surface area contributed by atoms with E-state index in [1.807, 2.05) is 43.3 Å². The SMILES string of the molecule is C[C@@H](Sc1ccc2ccccc2c1)C(=O)Nc1ccc(S(N)(=O)=O)cc1. The molecule has 0 saturated heterocycles. The molecule has 0 aliphatic carbocycles. The van der Waals surface area contributed by atoms with Crippen LogP contribution < -0.4 is 10.5 Å². The molecular weight excluding hydrogens is 368 g/mol. The van der Waals surface area contributed by atoms with E-state index in [4.69, 9.17) is 5.14 Å². The fourth-order valence-corrected chi connectivity index (χ4v) is 3.90. The number of fused-ring (bicyclic) bond motifs is 1. The van der Waals surface area contributed by atoms with Crippen molar-refractivity contribution in [3.8, 4) is 0 Å². The predicted molar refractivity (Wildman–Crippen MR) is 106 cm³/mol. The fourth-order valence-electron chi connectivity index (χ4n) is 2.47. The molecular formula is C19H18N2O3S2. The molecule has 0 bridgehead atoms. The Labute approximate surface area is 156 Å². The van der Waals surface area contributed by atoms with Gasteiger partial charge in [0.15, 0.2) is 0 Å². The first-order chi connectivity index (χ1) is 12.3. The monoisotopic (exact) mass is 386 g/mol. The van der Waals surface area contributed by atoms with Gasteiger partial charge in [0.2, 0.25) is 15.9 Å². The molecule has 3 rings (SSSR count). The Bertz CT molecular complexity index is 1050. The van der Waals surface area contributed by atoms with E-state index in [-0.39, 0.29) is 16.1 Å². The number of carbonyl (C=O) groups is 1. The number of primary sulfonamides is 1. The van der Waals surface area contributed by atoms with E-state index >= 15 is 0 Å². The molecule has 3 N–H and O–H groups in total. The van der Waals surface area contributed by atoms with Gasteiger partial charge >= 0.3 is 0 Å². The van der Waals surface area contributed by atoms with Crippen molar-refractivity contribution in [1.82, 2.24) is 0 Å². The summed E-state index contributed by atoms with van der Waals surface area (Å²) in [7, 11) is -3.74. The molecule has 3 aromatic carbocycles. The topological polar surface area (TPSA) is 89.3 Å². The van der Waals surface area contributed by atoms with Gasteiger partial charge in [-0.15, -0.1) is 11.8 Å². The van der Waals surface area contributed by atoms with Gasteiger partial charge in [0.25, 0.3) is 0 Å². The third-order valence-corrected chi connectivity index (χ3v) is 5.88. The summed E-state index contributed by atoms with van der Waals surface area (Å²) >= 11 is 1.47. The van der Waals surface area contributed by atoms with Crippen molar-refractivity contribution >= 4 is 44.2 Å². The molecule has 0 unspecified atom stereocenters. The molecule has 7 heteroatoms. The summed E-state index contributed by atoms with van der Waals surface area (Å²) in [6, 6.07) is 19.9. The lowest BCUT2D eigenvalue weighted by Crippen LogP contribution is -2.22. The van der Waals surface area contributed by atoms with Crippen molar-refractivity contribution in [2.45, 2.75) is 22.0 Å². The maximum absolute atomic E-state index is 12.4. The molecule has 3 aromatic rings. The smallest absolute Gasteiger partial charge is 0.238 e. The molecule has 0 heterocycles. The lowest BCUT2D eigenvalue weighted by Gasteiger charge is -2.13. The highest BCUT2D eigenvalue weighted by molar-refractivity contribution is 8.00. The van der Waals surface area contributed by atoms with E-state index in [0.717, 1.165) is 15.7 Å². The van der Waals surface area contributed by atoms with Crippen LogP contribution in [0.2, 0.25) is 0 Å². The molecule has 1 amide bonds. The molecule has 0 radical (unpaired) electrons. The van der Waals surface area contributed by atoms with E-state index in [1.165, 1.54) is 36.0 Å². The number of sulfonamides is 1. The second-order valence-corrected chi connectivity index (χ2v) is 8.80. The number of anilines is 1. The Balaban J connectivity index is 1.67. The summed E-state index contributed by atoms with van der Waals surface area (Å²) in [6.45, 7) is 1.83. The average molecular weight is 386 g/mol. The standard InChI is InChI=1S/C19H18N2O3S2/c1-13(25-17-9-6-14-4-2-3-5-15(14)12-17)19(22)21-16-7-10-18(11-8-16)26(20,23)24/h2-13H,1H3,(H,21,22)(H2,20,23,24)/t13-/m1/s1. The van der Waals surface area contributed by atoms with Gasteiger partial charge in [-0.2, -0.15) is 0 Å². The highest BCUT2D eigenvalue weighted by Crippen LogP contribution is 2.27. The van der Waals surface area contributed by atoms with Crippen molar-refractivity contribution in [1.29, 1.82) is 0 Å². The zero-order chi connectivity index (χ0) is 18.7. The van der Waals surface area contributed by atoms with Gasteiger partial charge in [0.05, 0.1) is 10.1 Å². The van der Waals surface area contributed by atoms with Crippen LogP contribution in [-0.4, -0.2) is 19.6 Å². The van der Waals surface area contributed by atoms with E-state index in [9.17, 15) is 13.2 Å². The molecule has 1 atom stereocenters. The minimum atomic E-state index is -3.74. The first-order valence-corrected chi connectivity index (χ1v) is 10.3. The number of carbonyl (C=O) groups excluding carboxylic acids is 1. The zero-order valence-corrected chi connectivity index (χ0v) is 15.7. The zero-order valence-electron chi connectivity index (χ0n) is 14.0. The van der Waals surface area contributed by atoms with Crippen LogP contribution in [0.3, 0.4) is 0 Å². The second kappa shape index (κ2) is 7.49. The van der Waals surface area contributed by atoms with E-state index in [0.29, 0.717) is 5.69 Å². The van der Waals surface area contributed by atoms with E-state index < -0.39 is 10.0 Å². The van der Waals surface area contributed by atoms with Crippen molar-refractivity contribution in [2.75, 3.05) is 5.32 Å². The van der Waals surface area contributed by atoms with Crippen LogP contribution in [-0.2, 0) is 14.8 Å². The minimum absolute atomic E-state index is 0.00841. The maximum Gasteiger partial charge on any atom is 0.238 e. The van der Waals surface area contributed by atoms with Gasteiger partial charge in [-0.05, 0) is 54.1 Å². The fraction of sp³-hybridized carbons (Fsp3) is 0.105. The summed E-state index contributed by atoms with van der Waals surface area (Å²) in [6.07, 6.45) is 0. The molecule has 0 saturated carbocycles. The van der Waals surface area contributed by atoms with E-state index in [2.05, 4.69) is 11.4 Å². The van der Waals surface area contributed by atoms with Gasteiger partial charge in [0.1, 0.15) is 0 Å². The molecule has 0 fully saturated rings. The molecule has 0 aromatic heterocycles. The van der Waals surface area contributed by atoms with Gasteiger partial charge in [-0.1, -0.05) is 30.3 Å². The number of hydrogen-bond donors (Lipinski definition) is 2. The normalized spacial score (nSPS) is 12.7. The number of benzene rings is 3. The predicted octanol–water partition coefficient (Wildman–Crippen LogP) is 3.61. The van der Waals surface area contributed by atoms with E-state index in [1.54, 1.807) is 0 Å². The Hall–Kier alpha value is -2.35. The molecule has 26 heavy (non-hydrogen) atoms. The molecule has 0 aliphatic heterocycles. The third-order valence-electron chi connectivity index (χ3n) is 3.85. The average Bonchev–Trinajstić information content (AvgIpc) is 2.61. The van der Waals surface area contributed by atoms with Crippen LogP contribution >= 0.6 is 11.8 Å². The van der Waals surface area contributed by atoms with Gasteiger partial charge in [-0.3, -0.25) is 4.79 Å². The van der Waals surface area contributed by atoms with Crippen molar-refractivity contribution in [3.63, 3.8) is 0 Å². The van der Waals surface area contributed by atoms with Crippen LogP contribution in [0.5, 0.6) is 0 Å². The number of hydrogen-bond acceptors (Lipinski definition) is 4. The largest absolute Gasteiger partial charge is 0.325 e. The lowest BCUT2D eigenvalue weighted by atomic mass is 10.1. The van der Waals surface area contributed by atoms with Crippen LogP contribution in [0.15, 0.2) is 76.5 Å². The maximum atomic E-state index is 12.4. The number of nitrogens with one attached hydrogen (secondary N) is 1. The summed E-state index contributed by atoms with van der Waals surface area (Å²) in [5.74, 6) is -0.161. The summed E-state index contributed by atoms with van der Waals surface area (Å²) in [5.41, 5.74) is 0.522. The van der Waals surface area contributed by atoms with Crippen molar-refractivity contribution in [3.05, 3.63) is 66.7 Å². The molecule has 134 valence electrons. The van der Waals surface area contributed by atoms with Gasteiger partial charge in [0, 0.05) is 10.6 Å².